The zero-order valence-corrected chi connectivity index (χ0v) is 21.1. The fraction of sp³-hybridized carbons (Fsp3) is 0.167. The second-order valence-corrected chi connectivity index (χ2v) is 10.3. The molecule has 0 fully saturated rings. The van der Waals surface area contributed by atoms with Gasteiger partial charge in [0, 0.05) is 19.5 Å². The van der Waals surface area contributed by atoms with Crippen LogP contribution in [0.2, 0.25) is 0 Å². The van der Waals surface area contributed by atoms with E-state index >= 15 is 0 Å². The Morgan fingerprint density at radius 2 is 1.89 bits per heavy atom. The van der Waals surface area contributed by atoms with Gasteiger partial charge in [-0.15, -0.1) is 21.5 Å². The molecule has 0 aliphatic heterocycles. The Morgan fingerprint density at radius 3 is 2.64 bits per heavy atom. The number of nitrogen functional groups attached to an aromatic ring is 1. The van der Waals surface area contributed by atoms with Gasteiger partial charge in [0.1, 0.15) is 11.4 Å². The Kier molecular flexibility index (Phi) is 6.06. The third kappa shape index (κ3) is 4.03. The fourth-order valence-electron chi connectivity index (χ4n) is 3.77. The normalized spacial score (nSPS) is 12.2. The quantitative estimate of drug-likeness (QED) is 0.264. The highest BCUT2D eigenvalue weighted by Crippen LogP contribution is 2.34. The number of para-hydroxylation sites is 1. The van der Waals surface area contributed by atoms with Crippen LogP contribution in [0.1, 0.15) is 17.3 Å². The van der Waals surface area contributed by atoms with E-state index in [-0.39, 0.29) is 22.5 Å². The minimum atomic E-state index is -0.776. The molecule has 4 heterocycles. The summed E-state index contributed by atoms with van der Waals surface area (Å²) < 4.78 is 7.85. The summed E-state index contributed by atoms with van der Waals surface area (Å²) in [7, 11) is 2.70. The zero-order chi connectivity index (χ0) is 25.6. The van der Waals surface area contributed by atoms with Crippen LogP contribution in [-0.4, -0.2) is 35.3 Å². The number of Topliss-reactive ketones (excluding diaryl/α,β-unsaturated/α-hetero) is 1. The smallest absolute Gasteiger partial charge is 0.332 e. The van der Waals surface area contributed by atoms with E-state index in [0.717, 1.165) is 47.9 Å². The number of thioether (sulfide) groups is 1. The third-order valence-corrected chi connectivity index (χ3v) is 7.56. The number of fused-ring (bicyclic) bond motifs is 1. The van der Waals surface area contributed by atoms with Crippen molar-refractivity contribution in [1.29, 1.82) is 0 Å². The predicted octanol–water partition coefficient (Wildman–Crippen LogP) is 3.36. The summed E-state index contributed by atoms with van der Waals surface area (Å²) in [5.74, 6) is -0.440. The number of pyridine rings is 1. The standard InChI is InChI=1S/C24H20N6O4S2/c1-12(19(31)18-20(25)29(2)24(33)30(3)22(18)32)36-23-28-27-21(34-23)14-11-16(17-9-6-10-35-17)26-15-8-5-4-7-13(14)15/h4-12H,25H2,1-3H3/t12-/m0/s1. The molecule has 0 saturated carbocycles. The van der Waals surface area contributed by atoms with Crippen molar-refractivity contribution in [2.75, 3.05) is 5.73 Å². The highest BCUT2D eigenvalue weighted by Gasteiger charge is 2.27. The number of ketones is 1. The fourth-order valence-corrected chi connectivity index (χ4v) is 5.20. The summed E-state index contributed by atoms with van der Waals surface area (Å²) >= 11 is 2.59. The molecular weight excluding hydrogens is 500 g/mol. The summed E-state index contributed by atoms with van der Waals surface area (Å²) in [6, 6.07) is 13.5. The number of nitrogens with two attached hydrogens (primary N) is 1. The number of rotatable bonds is 6. The zero-order valence-electron chi connectivity index (χ0n) is 19.5. The maximum absolute atomic E-state index is 13.1. The van der Waals surface area contributed by atoms with Gasteiger partial charge in [-0.3, -0.25) is 18.7 Å². The second kappa shape index (κ2) is 9.21. The van der Waals surface area contributed by atoms with Gasteiger partial charge in [-0.25, -0.2) is 9.78 Å². The van der Waals surface area contributed by atoms with Gasteiger partial charge in [0.2, 0.25) is 5.89 Å². The molecule has 0 amide bonds. The number of nitrogens with zero attached hydrogens (tertiary/aromatic N) is 5. The highest BCUT2D eigenvalue weighted by atomic mass is 32.2. The molecule has 0 radical (unpaired) electrons. The van der Waals surface area contributed by atoms with Crippen LogP contribution in [0.3, 0.4) is 0 Å². The minimum Gasteiger partial charge on any atom is -0.411 e. The lowest BCUT2D eigenvalue weighted by Crippen LogP contribution is -2.42. The summed E-state index contributed by atoms with van der Waals surface area (Å²) in [5, 5.41) is 10.5. The van der Waals surface area contributed by atoms with Crippen molar-refractivity contribution in [3.63, 3.8) is 0 Å². The van der Waals surface area contributed by atoms with E-state index in [9.17, 15) is 14.4 Å². The maximum atomic E-state index is 13.1. The molecule has 0 spiro atoms. The van der Waals surface area contributed by atoms with E-state index in [1.807, 2.05) is 47.8 Å². The summed E-state index contributed by atoms with van der Waals surface area (Å²) in [5.41, 5.74) is 6.63. The average Bonchev–Trinajstić information content (AvgIpc) is 3.58. The molecule has 36 heavy (non-hydrogen) atoms. The van der Waals surface area contributed by atoms with E-state index in [0.29, 0.717) is 0 Å². The first-order chi connectivity index (χ1) is 17.3. The first kappa shape index (κ1) is 23.7. The van der Waals surface area contributed by atoms with E-state index in [2.05, 4.69) is 10.2 Å². The van der Waals surface area contributed by atoms with E-state index in [1.54, 1.807) is 18.3 Å². The molecule has 0 aliphatic carbocycles. The van der Waals surface area contributed by atoms with Crippen LogP contribution >= 0.6 is 23.1 Å². The number of thiophene rings is 1. The lowest BCUT2D eigenvalue weighted by molar-refractivity contribution is 0.0991. The van der Waals surface area contributed by atoms with Crippen molar-refractivity contribution in [3.8, 4) is 22.0 Å². The first-order valence-corrected chi connectivity index (χ1v) is 12.6. The Balaban J connectivity index is 1.48. The van der Waals surface area contributed by atoms with Gasteiger partial charge in [-0.2, -0.15) is 0 Å². The van der Waals surface area contributed by atoms with Crippen molar-refractivity contribution >= 4 is 45.6 Å². The topological polar surface area (TPSA) is 139 Å². The van der Waals surface area contributed by atoms with Crippen molar-refractivity contribution in [1.82, 2.24) is 24.3 Å². The molecular formula is C24H20N6O4S2. The van der Waals surface area contributed by atoms with Crippen molar-refractivity contribution in [2.45, 2.75) is 17.4 Å². The second-order valence-electron chi connectivity index (χ2n) is 8.01. The largest absolute Gasteiger partial charge is 0.411 e. The van der Waals surface area contributed by atoms with Crippen LogP contribution < -0.4 is 17.0 Å². The molecule has 0 unspecified atom stereocenters. The van der Waals surface area contributed by atoms with Gasteiger partial charge < -0.3 is 10.2 Å². The van der Waals surface area contributed by atoms with Crippen LogP contribution in [0.15, 0.2) is 67.1 Å². The average molecular weight is 521 g/mol. The number of aromatic nitrogens is 5. The number of benzene rings is 1. The van der Waals surface area contributed by atoms with Crippen LogP contribution in [0, 0.1) is 0 Å². The summed E-state index contributed by atoms with van der Waals surface area (Å²) in [4.78, 5) is 43.5. The molecule has 1 aromatic carbocycles. The molecule has 182 valence electrons. The molecule has 4 aromatic heterocycles. The molecule has 0 saturated heterocycles. The maximum Gasteiger partial charge on any atom is 0.332 e. The van der Waals surface area contributed by atoms with Gasteiger partial charge in [-0.05, 0) is 30.5 Å². The summed E-state index contributed by atoms with van der Waals surface area (Å²) in [6.07, 6.45) is 0. The van der Waals surface area contributed by atoms with Gasteiger partial charge >= 0.3 is 5.69 Å². The van der Waals surface area contributed by atoms with Crippen molar-refractivity contribution in [2.24, 2.45) is 14.1 Å². The van der Waals surface area contributed by atoms with Crippen molar-refractivity contribution < 1.29 is 9.21 Å². The van der Waals surface area contributed by atoms with E-state index in [4.69, 9.17) is 15.1 Å². The Hall–Kier alpha value is -4.03. The van der Waals surface area contributed by atoms with Gasteiger partial charge in [0.05, 0.1) is 26.9 Å². The lowest BCUT2D eigenvalue weighted by atomic mass is 10.1. The number of hydrogen-bond donors (Lipinski definition) is 1. The van der Waals surface area contributed by atoms with Gasteiger partial charge in [0.25, 0.3) is 10.8 Å². The summed E-state index contributed by atoms with van der Waals surface area (Å²) in [6.45, 7) is 1.61. The Labute approximate surface area is 212 Å². The predicted molar refractivity (Wildman–Crippen MR) is 139 cm³/mol. The number of anilines is 1. The lowest BCUT2D eigenvalue weighted by Gasteiger charge is -2.13. The number of carbonyl (C=O) groups excluding carboxylic acids is 1. The molecule has 1 atom stereocenters. The van der Waals surface area contributed by atoms with Crippen LogP contribution in [0.25, 0.3) is 32.9 Å². The molecule has 12 heteroatoms. The number of hydrogen-bond acceptors (Lipinski definition) is 10. The third-order valence-electron chi connectivity index (χ3n) is 5.73. The van der Waals surface area contributed by atoms with E-state index in [1.165, 1.54) is 14.1 Å². The molecule has 0 aliphatic rings. The SMILES string of the molecule is C[C@H](Sc1nnc(-c2cc(-c3cccs3)nc3ccccc23)o1)C(=O)c1c(N)n(C)c(=O)n(C)c1=O. The Bertz CT molecular complexity index is 1740. The van der Waals surface area contributed by atoms with Crippen molar-refractivity contribution in [3.05, 3.63) is 74.2 Å². The van der Waals surface area contributed by atoms with Gasteiger partial charge in [0.15, 0.2) is 5.78 Å². The van der Waals surface area contributed by atoms with Gasteiger partial charge in [-0.1, -0.05) is 36.0 Å². The first-order valence-electron chi connectivity index (χ1n) is 10.8. The molecule has 0 bridgehead atoms. The van der Waals surface area contributed by atoms with Crippen LogP contribution in [-0.2, 0) is 14.1 Å². The minimum absolute atomic E-state index is 0.157. The molecule has 10 nitrogen and oxygen atoms in total. The molecule has 2 N–H and O–H groups in total. The molecule has 5 rings (SSSR count). The van der Waals surface area contributed by atoms with E-state index < -0.39 is 22.3 Å². The highest BCUT2D eigenvalue weighted by molar-refractivity contribution is 8.00. The van der Waals surface area contributed by atoms with Crippen LogP contribution in [0.5, 0.6) is 0 Å². The monoisotopic (exact) mass is 520 g/mol. The van der Waals surface area contributed by atoms with Crippen LogP contribution in [0.4, 0.5) is 5.82 Å². The Morgan fingerprint density at radius 1 is 1.11 bits per heavy atom. The number of carbonyl (C=O) groups is 1. The molecule has 5 aromatic rings.